The summed E-state index contributed by atoms with van der Waals surface area (Å²) in [4.78, 5) is 14.5. The summed E-state index contributed by atoms with van der Waals surface area (Å²) in [5.74, 6) is 5.78. The van der Waals surface area contributed by atoms with Crippen molar-refractivity contribution in [3.63, 3.8) is 0 Å². The summed E-state index contributed by atoms with van der Waals surface area (Å²) in [5, 5.41) is 0. The average Bonchev–Trinajstić information content (AvgIpc) is 2.76. The summed E-state index contributed by atoms with van der Waals surface area (Å²) in [6, 6.07) is 8.73. The predicted octanol–water partition coefficient (Wildman–Crippen LogP) is 2.73. The number of hydrogen-bond acceptors (Lipinski definition) is 7. The molecule has 1 aliphatic heterocycles. The van der Waals surface area contributed by atoms with Crippen LogP contribution in [0.15, 0.2) is 35.8 Å². The zero-order valence-corrected chi connectivity index (χ0v) is 17.4. The number of likely N-dealkylation sites (tertiary alicyclic amines) is 1. The second-order valence-corrected chi connectivity index (χ2v) is 7.88. The zero-order valence-electron chi connectivity index (χ0n) is 17.4. The Balaban J connectivity index is 1.55. The Bertz CT molecular complexity index is 691. The number of hydrogen-bond donors (Lipinski definition) is 3. The van der Waals surface area contributed by atoms with Crippen LogP contribution in [0.3, 0.4) is 0 Å². The number of nitrogens with zero attached hydrogens (tertiary/aromatic N) is 1. The number of carbonyl (C=O) groups excluding carboxylic acids is 1. The highest BCUT2D eigenvalue weighted by atomic mass is 16.5. The lowest BCUT2D eigenvalue weighted by Gasteiger charge is -2.39. The first kappa shape index (κ1) is 21.5. The summed E-state index contributed by atoms with van der Waals surface area (Å²) in [6.45, 7) is 4.50. The third kappa shape index (κ3) is 5.64. The Hall–Kier alpha value is -2.25. The molecular weight excluding hydrogens is 368 g/mol. The molecule has 29 heavy (non-hydrogen) atoms. The fourth-order valence-electron chi connectivity index (χ4n) is 4.48. The minimum absolute atomic E-state index is 0.0908. The summed E-state index contributed by atoms with van der Waals surface area (Å²) in [7, 11) is 0. The van der Waals surface area contributed by atoms with Gasteiger partial charge >= 0.3 is 5.97 Å². The van der Waals surface area contributed by atoms with Crippen molar-refractivity contribution in [2.45, 2.75) is 63.8 Å². The Morgan fingerprint density at radius 3 is 2.34 bits per heavy atom. The maximum Gasteiger partial charge on any atom is 0.361 e. The Kier molecular flexibility index (Phi) is 7.77. The summed E-state index contributed by atoms with van der Waals surface area (Å²) in [6.07, 6.45) is 9.13. The van der Waals surface area contributed by atoms with E-state index < -0.39 is 5.97 Å². The van der Waals surface area contributed by atoms with Crippen LogP contribution in [0.2, 0.25) is 0 Å². The van der Waals surface area contributed by atoms with Crippen molar-refractivity contribution in [2.75, 3.05) is 19.7 Å². The molecule has 160 valence electrons. The number of esters is 1. The molecule has 0 bridgehead atoms. The molecule has 1 heterocycles. The molecule has 1 aromatic carbocycles. The van der Waals surface area contributed by atoms with E-state index in [4.69, 9.17) is 21.1 Å². The van der Waals surface area contributed by atoms with Crippen molar-refractivity contribution in [3.05, 3.63) is 41.4 Å². The average molecular weight is 403 g/mol. The number of hydrazine groups is 1. The smallest absolute Gasteiger partial charge is 0.361 e. The Morgan fingerprint density at radius 1 is 1.10 bits per heavy atom. The van der Waals surface area contributed by atoms with E-state index >= 15 is 0 Å². The number of carbonyl (C=O) groups is 1. The van der Waals surface area contributed by atoms with Gasteiger partial charge in [-0.1, -0.05) is 18.6 Å². The van der Waals surface area contributed by atoms with E-state index in [0.29, 0.717) is 11.7 Å². The van der Waals surface area contributed by atoms with E-state index in [9.17, 15) is 4.79 Å². The van der Waals surface area contributed by atoms with E-state index in [-0.39, 0.29) is 18.2 Å². The lowest BCUT2D eigenvalue weighted by atomic mass is 9.81. The Morgan fingerprint density at radius 2 is 1.76 bits per heavy atom. The predicted molar refractivity (Wildman–Crippen MR) is 113 cm³/mol. The molecule has 5 N–H and O–H groups in total. The largest absolute Gasteiger partial charge is 0.461 e. The molecule has 0 spiro atoms. The van der Waals surface area contributed by atoms with Crippen LogP contribution < -0.4 is 21.7 Å². The van der Waals surface area contributed by atoms with Gasteiger partial charge in [0.25, 0.3) is 0 Å². The maximum atomic E-state index is 11.8. The second kappa shape index (κ2) is 10.5. The van der Waals surface area contributed by atoms with E-state index in [1.807, 2.05) is 12.1 Å². The first-order chi connectivity index (χ1) is 14.1. The number of rotatable bonds is 7. The van der Waals surface area contributed by atoms with Crippen LogP contribution in [0.4, 0.5) is 0 Å². The minimum Gasteiger partial charge on any atom is -0.461 e. The van der Waals surface area contributed by atoms with Crippen molar-refractivity contribution in [3.8, 4) is 5.75 Å². The molecule has 0 amide bonds. The molecular formula is C22H34N4O3. The van der Waals surface area contributed by atoms with E-state index in [1.165, 1.54) is 63.6 Å². The van der Waals surface area contributed by atoms with Crippen molar-refractivity contribution < 1.29 is 14.3 Å². The van der Waals surface area contributed by atoms with Crippen LogP contribution in [-0.2, 0) is 9.53 Å². The van der Waals surface area contributed by atoms with Crippen LogP contribution in [0.25, 0.3) is 0 Å². The first-order valence-electron chi connectivity index (χ1n) is 10.8. The highest BCUT2D eigenvalue weighted by molar-refractivity contribution is 5.88. The van der Waals surface area contributed by atoms with Crippen molar-refractivity contribution >= 4 is 5.97 Å². The molecule has 7 heteroatoms. The van der Waals surface area contributed by atoms with Gasteiger partial charge in [-0.2, -0.15) is 0 Å². The van der Waals surface area contributed by atoms with Crippen molar-refractivity contribution in [2.24, 2.45) is 11.6 Å². The summed E-state index contributed by atoms with van der Waals surface area (Å²) < 4.78 is 10.5. The molecule has 0 radical (unpaired) electrons. The first-order valence-corrected chi connectivity index (χ1v) is 10.8. The van der Waals surface area contributed by atoms with Gasteiger partial charge in [0.05, 0.1) is 6.61 Å². The number of benzene rings is 1. The molecule has 0 unspecified atom stereocenters. The molecule has 0 atom stereocenters. The van der Waals surface area contributed by atoms with Crippen LogP contribution in [0.5, 0.6) is 5.75 Å². The van der Waals surface area contributed by atoms with Crippen molar-refractivity contribution in [1.29, 1.82) is 0 Å². The number of piperidine rings is 1. The molecule has 2 aliphatic rings. The standard InChI is InChI=1S/C22H34N4O3/c1-2-28-22(27)20(25-24)21(23)29-19-12-8-17(9-13-19)16-6-10-18(11-7-16)26-14-4-3-5-15-26/h8-9,12-13,16,18,25H,2-7,10-11,14-15,23-24H2,1H3/b21-20+. The van der Waals surface area contributed by atoms with Gasteiger partial charge in [-0.05, 0) is 82.2 Å². The van der Waals surface area contributed by atoms with Gasteiger partial charge in [0.1, 0.15) is 5.75 Å². The lowest BCUT2D eigenvalue weighted by molar-refractivity contribution is -0.139. The monoisotopic (exact) mass is 402 g/mol. The number of nitrogens with two attached hydrogens (primary N) is 2. The summed E-state index contributed by atoms with van der Waals surface area (Å²) >= 11 is 0. The van der Waals surface area contributed by atoms with Gasteiger partial charge < -0.3 is 25.5 Å². The topological polar surface area (TPSA) is 103 Å². The quantitative estimate of drug-likeness (QED) is 0.212. The molecule has 1 saturated heterocycles. The molecule has 7 nitrogen and oxygen atoms in total. The van der Waals surface area contributed by atoms with Gasteiger partial charge in [-0.25, -0.2) is 4.79 Å². The molecule has 1 aromatic rings. The number of nitrogens with one attached hydrogen (secondary N) is 1. The Labute approximate surface area is 173 Å². The fourth-order valence-corrected chi connectivity index (χ4v) is 4.48. The fraction of sp³-hybridized carbons (Fsp3) is 0.591. The normalized spacial score (nSPS) is 23.8. The van der Waals surface area contributed by atoms with E-state index in [1.54, 1.807) is 6.92 Å². The minimum atomic E-state index is -0.644. The van der Waals surface area contributed by atoms with E-state index in [0.717, 1.165) is 6.04 Å². The van der Waals surface area contributed by atoms with Crippen LogP contribution in [0, 0.1) is 0 Å². The number of ether oxygens (including phenoxy) is 2. The van der Waals surface area contributed by atoms with Crippen LogP contribution >= 0.6 is 0 Å². The zero-order chi connectivity index (χ0) is 20.6. The maximum absolute atomic E-state index is 11.8. The SMILES string of the molecule is CCOC(=O)/C(NN)=C(/N)Oc1ccc(C2CCC(N3CCCCC3)CC2)cc1. The van der Waals surface area contributed by atoms with Gasteiger partial charge in [-0.15, -0.1) is 0 Å². The van der Waals surface area contributed by atoms with E-state index in [2.05, 4.69) is 22.5 Å². The van der Waals surface area contributed by atoms with Gasteiger partial charge in [0.2, 0.25) is 5.88 Å². The van der Waals surface area contributed by atoms with Gasteiger partial charge in [0.15, 0.2) is 5.70 Å². The van der Waals surface area contributed by atoms with Crippen LogP contribution in [0.1, 0.15) is 63.4 Å². The van der Waals surface area contributed by atoms with Crippen molar-refractivity contribution in [1.82, 2.24) is 10.3 Å². The molecule has 2 fully saturated rings. The highest BCUT2D eigenvalue weighted by Crippen LogP contribution is 2.36. The summed E-state index contributed by atoms with van der Waals surface area (Å²) in [5.41, 5.74) is 9.36. The molecule has 3 rings (SSSR count). The molecule has 0 aromatic heterocycles. The molecule has 1 aliphatic carbocycles. The third-order valence-electron chi connectivity index (χ3n) is 6.05. The van der Waals surface area contributed by atoms with Gasteiger partial charge in [-0.3, -0.25) is 5.84 Å². The van der Waals surface area contributed by atoms with Gasteiger partial charge in [0, 0.05) is 6.04 Å². The molecule has 1 saturated carbocycles. The van der Waals surface area contributed by atoms with Crippen LogP contribution in [-0.4, -0.2) is 36.6 Å². The highest BCUT2D eigenvalue weighted by Gasteiger charge is 2.27. The third-order valence-corrected chi connectivity index (χ3v) is 6.05. The lowest BCUT2D eigenvalue weighted by Crippen LogP contribution is -2.41. The second-order valence-electron chi connectivity index (χ2n) is 7.88.